The Morgan fingerprint density at radius 3 is 1.43 bits per heavy atom. The third-order valence-corrected chi connectivity index (χ3v) is 18.0. The molecule has 14 nitrogen and oxygen atoms in total. The molecule has 1 unspecified atom stereocenters. The van der Waals surface area contributed by atoms with Gasteiger partial charge in [0, 0.05) is 29.0 Å². The Balaban J connectivity index is 0.865. The fourth-order valence-electron chi connectivity index (χ4n) is 11.0. The van der Waals surface area contributed by atoms with Gasteiger partial charge < -0.3 is 30.3 Å². The quantitative estimate of drug-likeness (QED) is 0.0193. The first kappa shape index (κ1) is 57.5. The lowest BCUT2D eigenvalue weighted by molar-refractivity contribution is -0.154. The highest BCUT2D eigenvalue weighted by Gasteiger charge is 2.55. The maximum absolute atomic E-state index is 15.1. The van der Waals surface area contributed by atoms with Gasteiger partial charge in [0.15, 0.2) is 28.7 Å². The van der Waals surface area contributed by atoms with Crippen LogP contribution >= 0.6 is 34.4 Å². The van der Waals surface area contributed by atoms with Crippen molar-refractivity contribution >= 4 is 74.2 Å². The number of aromatic nitrogens is 2. The summed E-state index contributed by atoms with van der Waals surface area (Å²) >= 11 is 4.00. The lowest BCUT2D eigenvalue weighted by Gasteiger charge is -2.49. The van der Waals surface area contributed by atoms with E-state index in [1.807, 2.05) is 175 Å². The summed E-state index contributed by atoms with van der Waals surface area (Å²) in [5.41, 5.74) is 6.34. The molecule has 2 amide bonds. The highest BCUT2D eigenvalue weighted by Crippen LogP contribution is 2.44. The minimum absolute atomic E-state index is 0.0517. The number of hydrogen-bond donors (Lipinski definition) is 3. The van der Waals surface area contributed by atoms with Crippen LogP contribution in [0.4, 0.5) is 10.3 Å². The van der Waals surface area contributed by atoms with E-state index in [0.717, 1.165) is 33.4 Å². The van der Waals surface area contributed by atoms with E-state index in [4.69, 9.17) is 24.3 Å². The summed E-state index contributed by atoms with van der Waals surface area (Å²) in [7, 11) is 0. The molecule has 1 saturated heterocycles. The molecular formula is C70H57N7O7S3. The second-order valence-electron chi connectivity index (χ2n) is 20.5. The van der Waals surface area contributed by atoms with E-state index >= 15 is 4.79 Å². The first-order valence-corrected chi connectivity index (χ1v) is 30.9. The second kappa shape index (κ2) is 26.1. The first-order valence-electron chi connectivity index (χ1n) is 28.1. The van der Waals surface area contributed by atoms with Crippen molar-refractivity contribution < 1.29 is 33.5 Å². The molecule has 0 aliphatic carbocycles. The number of thiazole rings is 2. The number of ether oxygens (including phenoxy) is 2. The second-order valence-corrected chi connectivity index (χ2v) is 23.4. The van der Waals surface area contributed by atoms with Crippen LogP contribution in [0.15, 0.2) is 270 Å². The zero-order valence-electron chi connectivity index (χ0n) is 47.0. The molecule has 2 aliphatic heterocycles. The van der Waals surface area contributed by atoms with Crippen LogP contribution in [0.2, 0.25) is 0 Å². The van der Waals surface area contributed by atoms with Crippen LogP contribution in [0.1, 0.15) is 68.9 Å². The minimum Gasteiger partial charge on any atom is -0.461 e. The van der Waals surface area contributed by atoms with E-state index < -0.39 is 52.4 Å². The van der Waals surface area contributed by atoms with Crippen LogP contribution < -0.4 is 16.0 Å². The molecule has 12 rings (SSSR count). The Hall–Kier alpha value is -9.94. The molecule has 17 heteroatoms. The van der Waals surface area contributed by atoms with Gasteiger partial charge in [-0.15, -0.1) is 34.4 Å². The highest BCUT2D eigenvalue weighted by molar-refractivity contribution is 8.00. The highest BCUT2D eigenvalue weighted by atomic mass is 32.2. The van der Waals surface area contributed by atoms with E-state index in [2.05, 4.69) is 93.9 Å². The number of carbonyl (C=O) groups is 4. The summed E-state index contributed by atoms with van der Waals surface area (Å²) in [5, 5.41) is 19.0. The van der Waals surface area contributed by atoms with Gasteiger partial charge in [-0.25, -0.2) is 14.8 Å². The van der Waals surface area contributed by atoms with Gasteiger partial charge in [-0.3, -0.25) is 19.3 Å². The van der Waals surface area contributed by atoms with Crippen molar-refractivity contribution in [2.24, 2.45) is 5.16 Å². The molecular weight excluding hydrogens is 1150 g/mol. The summed E-state index contributed by atoms with van der Waals surface area (Å²) in [6, 6.07) is 78.4. The molecule has 432 valence electrons. The third kappa shape index (κ3) is 12.1. The average Bonchev–Trinajstić information content (AvgIpc) is 1.41. The van der Waals surface area contributed by atoms with Crippen LogP contribution in [0.5, 0.6) is 0 Å². The van der Waals surface area contributed by atoms with Gasteiger partial charge in [0.25, 0.3) is 11.8 Å². The van der Waals surface area contributed by atoms with Crippen LogP contribution in [0.25, 0.3) is 0 Å². The van der Waals surface area contributed by atoms with E-state index in [0.29, 0.717) is 32.7 Å². The van der Waals surface area contributed by atoms with E-state index in [1.165, 1.54) is 46.3 Å². The molecule has 0 spiro atoms. The molecule has 4 heterocycles. The summed E-state index contributed by atoms with van der Waals surface area (Å²) in [6.07, 6.45) is -0.838. The summed E-state index contributed by atoms with van der Waals surface area (Å²) in [5.74, 6) is -2.50. The van der Waals surface area contributed by atoms with Crippen molar-refractivity contribution in [1.29, 1.82) is 0 Å². The smallest absolute Gasteiger partial charge is 0.356 e. The number of carbonyl (C=O) groups excluding carboxylic acids is 4. The van der Waals surface area contributed by atoms with Crippen molar-refractivity contribution in [2.75, 3.05) is 23.0 Å². The van der Waals surface area contributed by atoms with Crippen molar-refractivity contribution in [3.63, 3.8) is 0 Å². The molecule has 1 fully saturated rings. The van der Waals surface area contributed by atoms with Gasteiger partial charge in [-0.1, -0.05) is 248 Å². The Kier molecular flexibility index (Phi) is 17.3. The Bertz CT molecular complexity index is 3830. The minimum atomic E-state index is -1.13. The van der Waals surface area contributed by atoms with Crippen LogP contribution in [-0.4, -0.2) is 68.1 Å². The molecule has 10 aromatic rings. The molecule has 2 aromatic heterocycles. The normalized spacial score (nSPS) is 15.0. The van der Waals surface area contributed by atoms with Gasteiger partial charge in [-0.2, -0.15) is 0 Å². The lowest BCUT2D eigenvalue weighted by atomic mass is 9.77. The fourth-order valence-corrected chi connectivity index (χ4v) is 13.9. The topological polar surface area (TPSA) is 173 Å². The fraction of sp³-hybridized carbons (Fsp3) is 0.129. The predicted molar refractivity (Wildman–Crippen MR) is 341 cm³/mol. The Morgan fingerprint density at radius 1 is 0.575 bits per heavy atom. The Labute approximate surface area is 515 Å². The number of oxime groups is 1. The van der Waals surface area contributed by atoms with Gasteiger partial charge in [0.2, 0.25) is 0 Å². The maximum atomic E-state index is 15.1. The zero-order chi connectivity index (χ0) is 59.6. The summed E-state index contributed by atoms with van der Waals surface area (Å²) < 4.78 is 11.7. The number of nitrogens with zero attached hydrogens (tertiary/aromatic N) is 4. The van der Waals surface area contributed by atoms with Crippen molar-refractivity contribution in [3.05, 3.63) is 321 Å². The number of rotatable bonds is 22. The number of esters is 2. The van der Waals surface area contributed by atoms with Gasteiger partial charge in [0.1, 0.15) is 40.5 Å². The van der Waals surface area contributed by atoms with Crippen molar-refractivity contribution in [3.8, 4) is 0 Å². The summed E-state index contributed by atoms with van der Waals surface area (Å²) in [6.45, 7) is 0.886. The number of anilines is 2. The molecule has 8 aromatic carbocycles. The number of thioether (sulfide) groups is 1. The molecule has 87 heavy (non-hydrogen) atoms. The van der Waals surface area contributed by atoms with Gasteiger partial charge in [0.05, 0.1) is 5.69 Å². The molecule has 0 saturated carbocycles. The van der Waals surface area contributed by atoms with E-state index in [9.17, 15) is 14.4 Å². The average molecular weight is 1200 g/mol. The zero-order valence-corrected chi connectivity index (χ0v) is 49.4. The number of β-lactam (4-membered cyclic amide) rings is 1. The number of amides is 2. The molecule has 0 radical (unpaired) electrons. The Morgan fingerprint density at radius 2 is 0.989 bits per heavy atom. The van der Waals surface area contributed by atoms with E-state index in [-0.39, 0.29) is 36.1 Å². The monoisotopic (exact) mass is 1200 g/mol. The number of nitrogens with one attached hydrogen (secondary N) is 3. The third-order valence-electron chi connectivity index (χ3n) is 15.1. The van der Waals surface area contributed by atoms with Crippen molar-refractivity contribution in [2.45, 2.75) is 42.1 Å². The molecule has 3 N–H and O–H groups in total. The van der Waals surface area contributed by atoms with Crippen LogP contribution in [-0.2, 0) is 51.2 Å². The first-order chi connectivity index (χ1) is 42.7. The standard InChI is InChI=1S/C70H57N7O7S3/c1-47(78)82-42-50-44-85-65-60(64(80)77(65)61(50)66(81)84-62(48-26-10-2-11-27-48)49-28-12-3-13-29-49)73-63(79)59(58-46-87-68(72-58)75-70(54-36-20-7-21-37-54,55-38-22-8-23-39-55)56-40-24-9-25-41-56)76-83-43-57-45-86-67(71-57)74-69(51-30-14-4-15-31-51,52-32-16-5-17-33-52)53-34-18-6-19-35-53/h2-41,45-46,60,62,65H,42-44H2,1H3,(H,71,74)(H,72,75)(H,73,79)/b76-59-/t60?,65-/m1/s1. The number of fused-ring (bicyclic) bond motifs is 1. The molecule has 2 atom stereocenters. The SMILES string of the molecule is CC(=O)OCC1=C(C(=O)OC(c2ccccc2)c2ccccc2)N2C(=O)C(NC(=O)/C(=N\OCc3csc(NC(c4ccccc4)(c4ccccc4)c4ccccc4)n3)c3csc(NC(c4ccccc4)(c4ccccc4)c4ccccc4)n3)[C@H]2SC1. The van der Waals surface area contributed by atoms with Crippen LogP contribution in [0.3, 0.4) is 0 Å². The summed E-state index contributed by atoms with van der Waals surface area (Å²) in [4.78, 5) is 74.2. The lowest BCUT2D eigenvalue weighted by Crippen LogP contribution is -2.71. The largest absolute Gasteiger partial charge is 0.461 e. The van der Waals surface area contributed by atoms with Gasteiger partial charge >= 0.3 is 11.9 Å². The van der Waals surface area contributed by atoms with Crippen LogP contribution in [0, 0.1) is 0 Å². The number of benzene rings is 8. The van der Waals surface area contributed by atoms with Gasteiger partial charge in [-0.05, 0) is 44.5 Å². The molecule has 2 aliphatic rings. The number of hydrogen-bond acceptors (Lipinski definition) is 15. The van der Waals surface area contributed by atoms with Crippen molar-refractivity contribution in [1.82, 2.24) is 20.2 Å². The predicted octanol–water partition coefficient (Wildman–Crippen LogP) is 12.9. The maximum Gasteiger partial charge on any atom is 0.356 e. The molecule has 0 bridgehead atoms. The van der Waals surface area contributed by atoms with E-state index in [1.54, 1.807) is 5.38 Å².